The molecule has 0 unspecified atom stereocenters. The Bertz CT molecular complexity index is 519. The van der Waals surface area contributed by atoms with Gasteiger partial charge in [0.1, 0.15) is 5.75 Å². The first-order valence-electron chi connectivity index (χ1n) is 7.29. The van der Waals surface area contributed by atoms with Crippen LogP contribution in [-0.4, -0.2) is 31.3 Å². The normalized spacial score (nSPS) is 14.9. The molecule has 0 atom stereocenters. The fourth-order valence-electron chi connectivity index (χ4n) is 1.81. The fourth-order valence-corrected chi connectivity index (χ4v) is 1.81. The first kappa shape index (κ1) is 19.9. The summed E-state index contributed by atoms with van der Waals surface area (Å²) >= 11 is 0. The number of halogens is 4. The third-order valence-electron chi connectivity index (χ3n) is 2.98. The molecule has 0 heterocycles. The molecule has 1 aliphatic carbocycles. The molecule has 0 aromatic heterocycles. The number of hydrogen-bond acceptors (Lipinski definition) is 2. The molecule has 0 bridgehead atoms. The molecule has 0 spiro atoms. The van der Waals surface area contributed by atoms with E-state index in [1.165, 1.54) is 6.07 Å². The molecule has 0 saturated heterocycles. The minimum absolute atomic E-state index is 0. The second-order valence-corrected chi connectivity index (χ2v) is 5.17. The number of nitrogens with one attached hydrogen (secondary N) is 2. The highest BCUT2D eigenvalue weighted by Crippen LogP contribution is 2.20. The van der Waals surface area contributed by atoms with Crippen molar-refractivity contribution in [1.82, 2.24) is 10.6 Å². The first-order chi connectivity index (χ1) is 10.5. The minimum Gasteiger partial charge on any atom is -0.484 e. The molecule has 0 radical (unpaired) electrons. The predicted molar refractivity (Wildman–Crippen MR) is 94.4 cm³/mol. The van der Waals surface area contributed by atoms with E-state index in [2.05, 4.69) is 15.6 Å². The van der Waals surface area contributed by atoms with Crippen molar-refractivity contribution in [2.75, 3.05) is 13.2 Å². The summed E-state index contributed by atoms with van der Waals surface area (Å²) < 4.78 is 41.2. The van der Waals surface area contributed by atoms with Crippen molar-refractivity contribution < 1.29 is 17.9 Å². The Hall–Kier alpha value is -1.19. The number of ether oxygens (including phenoxy) is 1. The standard InChI is InChI=1S/C15H20F3N3O.HI/c1-2-19-14(21-12-6-7-12)20-9-11-4-3-5-13(8-11)22-10-15(16,17)18;/h3-5,8,12H,2,6-7,9-10H2,1H3,(H2,19,20,21);1H. The summed E-state index contributed by atoms with van der Waals surface area (Å²) in [6, 6.07) is 7.05. The summed E-state index contributed by atoms with van der Waals surface area (Å²) in [7, 11) is 0. The maximum absolute atomic E-state index is 12.1. The van der Waals surface area contributed by atoms with Crippen LogP contribution < -0.4 is 15.4 Å². The smallest absolute Gasteiger partial charge is 0.422 e. The van der Waals surface area contributed by atoms with Gasteiger partial charge in [-0.2, -0.15) is 13.2 Å². The molecule has 0 aliphatic heterocycles. The van der Waals surface area contributed by atoms with Crippen molar-refractivity contribution in [2.24, 2.45) is 4.99 Å². The molecule has 4 nitrogen and oxygen atoms in total. The minimum atomic E-state index is -4.33. The number of rotatable bonds is 6. The number of hydrogen-bond donors (Lipinski definition) is 2. The van der Waals surface area contributed by atoms with Gasteiger partial charge in [0.15, 0.2) is 12.6 Å². The molecule has 1 fully saturated rings. The highest BCUT2D eigenvalue weighted by Gasteiger charge is 2.28. The van der Waals surface area contributed by atoms with Crippen molar-refractivity contribution in [3.8, 4) is 5.75 Å². The Morgan fingerprint density at radius 2 is 2.09 bits per heavy atom. The van der Waals surface area contributed by atoms with Crippen LogP contribution in [-0.2, 0) is 6.54 Å². The van der Waals surface area contributed by atoms with Gasteiger partial charge in [-0.3, -0.25) is 0 Å². The third-order valence-corrected chi connectivity index (χ3v) is 2.98. The van der Waals surface area contributed by atoms with Gasteiger partial charge in [-0.05, 0) is 37.5 Å². The van der Waals surface area contributed by atoms with Crippen LogP contribution in [0, 0.1) is 0 Å². The Labute approximate surface area is 150 Å². The van der Waals surface area contributed by atoms with E-state index in [9.17, 15) is 13.2 Å². The zero-order chi connectivity index (χ0) is 16.0. The maximum atomic E-state index is 12.1. The van der Waals surface area contributed by atoms with E-state index >= 15 is 0 Å². The topological polar surface area (TPSA) is 45.7 Å². The lowest BCUT2D eigenvalue weighted by molar-refractivity contribution is -0.153. The fraction of sp³-hybridized carbons (Fsp3) is 0.533. The highest BCUT2D eigenvalue weighted by molar-refractivity contribution is 14.0. The van der Waals surface area contributed by atoms with Gasteiger partial charge in [0.2, 0.25) is 0 Å². The van der Waals surface area contributed by atoms with Gasteiger partial charge in [0.25, 0.3) is 0 Å². The van der Waals surface area contributed by atoms with Crippen molar-refractivity contribution in [1.29, 1.82) is 0 Å². The summed E-state index contributed by atoms with van der Waals surface area (Å²) in [6.07, 6.45) is -2.04. The zero-order valence-corrected chi connectivity index (χ0v) is 15.2. The van der Waals surface area contributed by atoms with E-state index in [0.29, 0.717) is 12.6 Å². The van der Waals surface area contributed by atoms with Gasteiger partial charge in [0.05, 0.1) is 6.54 Å². The summed E-state index contributed by atoms with van der Waals surface area (Å²) in [4.78, 5) is 4.43. The Morgan fingerprint density at radius 1 is 1.35 bits per heavy atom. The van der Waals surface area contributed by atoms with Crippen LogP contribution in [0.5, 0.6) is 5.75 Å². The molecule has 0 amide bonds. The monoisotopic (exact) mass is 443 g/mol. The molecule has 2 rings (SSSR count). The summed E-state index contributed by atoms with van der Waals surface area (Å²) in [5.74, 6) is 0.928. The van der Waals surface area contributed by atoms with Crippen molar-refractivity contribution >= 4 is 29.9 Å². The number of nitrogens with zero attached hydrogens (tertiary/aromatic N) is 1. The molecule has 1 aromatic carbocycles. The SMILES string of the molecule is CCNC(=NCc1cccc(OCC(F)(F)F)c1)NC1CC1.I. The molecule has 1 aliphatic rings. The summed E-state index contributed by atoms with van der Waals surface area (Å²) in [5.41, 5.74) is 0.799. The van der Waals surface area contributed by atoms with Crippen LogP contribution in [0.1, 0.15) is 25.3 Å². The van der Waals surface area contributed by atoms with E-state index in [1.807, 2.05) is 13.0 Å². The lowest BCUT2D eigenvalue weighted by Crippen LogP contribution is -2.38. The molecule has 130 valence electrons. The summed E-state index contributed by atoms with van der Waals surface area (Å²) in [5, 5.41) is 6.42. The lowest BCUT2D eigenvalue weighted by Gasteiger charge is -2.11. The van der Waals surface area contributed by atoms with Crippen LogP contribution in [0.25, 0.3) is 0 Å². The second-order valence-electron chi connectivity index (χ2n) is 5.17. The molecule has 1 saturated carbocycles. The van der Waals surface area contributed by atoms with E-state index in [1.54, 1.807) is 12.1 Å². The van der Waals surface area contributed by atoms with Crippen LogP contribution >= 0.6 is 24.0 Å². The third kappa shape index (κ3) is 8.29. The molecular formula is C15H21F3IN3O. The Kier molecular flexibility index (Phi) is 7.93. The van der Waals surface area contributed by atoms with E-state index in [-0.39, 0.29) is 29.7 Å². The molecular weight excluding hydrogens is 422 g/mol. The van der Waals surface area contributed by atoms with Crippen molar-refractivity contribution in [3.63, 3.8) is 0 Å². The van der Waals surface area contributed by atoms with Crippen LogP contribution in [0.4, 0.5) is 13.2 Å². The largest absolute Gasteiger partial charge is 0.484 e. The van der Waals surface area contributed by atoms with Crippen LogP contribution in [0.15, 0.2) is 29.3 Å². The van der Waals surface area contributed by atoms with Gasteiger partial charge >= 0.3 is 6.18 Å². The van der Waals surface area contributed by atoms with Crippen molar-refractivity contribution in [3.05, 3.63) is 29.8 Å². The number of alkyl halides is 3. The van der Waals surface area contributed by atoms with E-state index in [4.69, 9.17) is 4.74 Å². The van der Waals surface area contributed by atoms with E-state index < -0.39 is 12.8 Å². The number of aliphatic imine (C=N–C) groups is 1. The molecule has 8 heteroatoms. The Balaban J connectivity index is 0.00000264. The predicted octanol–water partition coefficient (Wildman–Crippen LogP) is 3.46. The highest BCUT2D eigenvalue weighted by atomic mass is 127. The quantitative estimate of drug-likeness (QED) is 0.402. The van der Waals surface area contributed by atoms with E-state index in [0.717, 1.165) is 30.9 Å². The molecule has 2 N–H and O–H groups in total. The zero-order valence-electron chi connectivity index (χ0n) is 12.8. The first-order valence-corrected chi connectivity index (χ1v) is 7.29. The Morgan fingerprint density at radius 3 is 2.70 bits per heavy atom. The average molecular weight is 443 g/mol. The van der Waals surface area contributed by atoms with Gasteiger partial charge in [-0.15, -0.1) is 24.0 Å². The maximum Gasteiger partial charge on any atom is 0.422 e. The second kappa shape index (κ2) is 9.19. The molecule has 1 aromatic rings. The number of guanidine groups is 1. The average Bonchev–Trinajstić information content (AvgIpc) is 3.27. The van der Waals surface area contributed by atoms with Gasteiger partial charge < -0.3 is 15.4 Å². The van der Waals surface area contributed by atoms with Crippen LogP contribution in [0.2, 0.25) is 0 Å². The van der Waals surface area contributed by atoms with Crippen LogP contribution in [0.3, 0.4) is 0 Å². The molecule has 23 heavy (non-hydrogen) atoms. The summed E-state index contributed by atoms with van der Waals surface area (Å²) in [6.45, 7) is 1.83. The van der Waals surface area contributed by atoms with Crippen molar-refractivity contribution in [2.45, 2.75) is 38.5 Å². The van der Waals surface area contributed by atoms with Gasteiger partial charge in [-0.25, -0.2) is 4.99 Å². The van der Waals surface area contributed by atoms with Gasteiger partial charge in [-0.1, -0.05) is 12.1 Å². The van der Waals surface area contributed by atoms with Gasteiger partial charge in [0, 0.05) is 12.6 Å². The lowest BCUT2D eigenvalue weighted by atomic mass is 10.2. The number of benzene rings is 1.